The Morgan fingerprint density at radius 2 is 2.06 bits per heavy atom. The Kier molecular flexibility index (Phi) is 6.47. The molecule has 6 heteroatoms. The molecular weight excluding hydrogens is 391 g/mol. The highest BCUT2D eigenvalue weighted by molar-refractivity contribution is 6.19. The fourth-order valence-electron chi connectivity index (χ4n) is 5.36. The summed E-state index contributed by atoms with van der Waals surface area (Å²) in [5.41, 5.74) is 1.38. The van der Waals surface area contributed by atoms with Crippen LogP contribution in [0.3, 0.4) is 0 Å². The lowest BCUT2D eigenvalue weighted by molar-refractivity contribution is 0.145. The molecule has 1 aliphatic carbocycles. The summed E-state index contributed by atoms with van der Waals surface area (Å²) >= 11 is 0. The Labute approximate surface area is 185 Å². The minimum Gasteiger partial charge on any atom is -0.297 e. The van der Waals surface area contributed by atoms with Crippen LogP contribution in [0.25, 0.3) is 0 Å². The average molecular weight is 427 g/mol. The van der Waals surface area contributed by atoms with Crippen LogP contribution in [0.15, 0.2) is 40.9 Å². The average Bonchev–Trinajstić information content (AvgIpc) is 2.98. The summed E-state index contributed by atoms with van der Waals surface area (Å²) in [5, 5.41) is 3.10. The summed E-state index contributed by atoms with van der Waals surface area (Å²) in [5.74, 6) is 0.467. The van der Waals surface area contributed by atoms with E-state index in [0.29, 0.717) is 5.69 Å². The zero-order chi connectivity index (χ0) is 22.0. The number of rotatable bonds is 4. The van der Waals surface area contributed by atoms with Gasteiger partial charge in [0.1, 0.15) is 17.2 Å². The van der Waals surface area contributed by atoms with Gasteiger partial charge in [-0.3, -0.25) is 20.1 Å². The molecule has 2 atom stereocenters. The first-order valence-corrected chi connectivity index (χ1v) is 11.7. The Hall–Kier alpha value is -2.21. The van der Waals surface area contributed by atoms with Gasteiger partial charge in [-0.05, 0) is 64.7 Å². The Balaban J connectivity index is 1.69. The molecule has 0 aromatic heterocycles. The van der Waals surface area contributed by atoms with E-state index in [1.807, 2.05) is 6.07 Å². The normalized spacial score (nSPS) is 28.9. The molecule has 1 aromatic carbocycles. The first-order valence-electron chi connectivity index (χ1n) is 11.7. The van der Waals surface area contributed by atoms with Crippen molar-refractivity contribution in [3.05, 3.63) is 41.7 Å². The topological polar surface area (TPSA) is 47.9 Å². The van der Waals surface area contributed by atoms with Gasteiger partial charge >= 0.3 is 6.03 Å². The van der Waals surface area contributed by atoms with Crippen LogP contribution in [-0.4, -0.2) is 47.5 Å². The van der Waals surface area contributed by atoms with Crippen LogP contribution >= 0.6 is 0 Å². The second-order valence-corrected chi connectivity index (χ2v) is 9.63. The smallest absolute Gasteiger partial charge is 0.297 e. The summed E-state index contributed by atoms with van der Waals surface area (Å²) in [6.45, 7) is 8.25. The number of nitrogens with zero attached hydrogens (tertiary/aromatic N) is 3. The third-order valence-electron chi connectivity index (χ3n) is 7.05. The molecule has 2 aliphatic heterocycles. The molecule has 168 valence electrons. The zero-order valence-corrected chi connectivity index (χ0v) is 19.0. The summed E-state index contributed by atoms with van der Waals surface area (Å²) in [6, 6.07) is 6.75. The van der Waals surface area contributed by atoms with Gasteiger partial charge in [0.15, 0.2) is 0 Å². The van der Waals surface area contributed by atoms with E-state index in [9.17, 15) is 9.18 Å². The van der Waals surface area contributed by atoms with Crippen molar-refractivity contribution in [1.82, 2.24) is 10.2 Å². The van der Waals surface area contributed by atoms with Gasteiger partial charge < -0.3 is 0 Å². The summed E-state index contributed by atoms with van der Waals surface area (Å²) in [7, 11) is 0. The lowest BCUT2D eigenvalue weighted by Gasteiger charge is -2.47. The number of carbonyl (C=O) groups excluding carboxylic acids is 1. The van der Waals surface area contributed by atoms with E-state index in [2.05, 4.69) is 37.1 Å². The number of likely N-dealkylation sites (tertiary alicyclic amines) is 1. The van der Waals surface area contributed by atoms with Gasteiger partial charge in [0.2, 0.25) is 0 Å². The Morgan fingerprint density at radius 1 is 1.29 bits per heavy atom. The van der Waals surface area contributed by atoms with Crippen molar-refractivity contribution in [2.75, 3.05) is 18.0 Å². The molecule has 2 saturated heterocycles. The van der Waals surface area contributed by atoms with Gasteiger partial charge in [-0.1, -0.05) is 37.0 Å². The van der Waals surface area contributed by atoms with Crippen molar-refractivity contribution in [3.63, 3.8) is 0 Å². The lowest BCUT2D eigenvalue weighted by atomic mass is 9.81. The molecular formula is C25H35FN4O. The molecule has 2 amide bonds. The van der Waals surface area contributed by atoms with E-state index in [1.54, 1.807) is 11.0 Å². The lowest BCUT2D eigenvalue weighted by Crippen LogP contribution is -2.59. The molecule has 0 radical (unpaired) electrons. The molecule has 5 nitrogen and oxygen atoms in total. The highest BCUT2D eigenvalue weighted by Crippen LogP contribution is 2.40. The summed E-state index contributed by atoms with van der Waals surface area (Å²) < 4.78 is 14.1. The van der Waals surface area contributed by atoms with Crippen LogP contribution in [0, 0.1) is 5.82 Å². The van der Waals surface area contributed by atoms with E-state index in [-0.39, 0.29) is 23.9 Å². The number of anilines is 1. The number of allylic oxidation sites excluding steroid dienone is 1. The van der Waals surface area contributed by atoms with Gasteiger partial charge in [0.05, 0.1) is 6.04 Å². The number of urea groups is 1. The van der Waals surface area contributed by atoms with Gasteiger partial charge in [0, 0.05) is 24.8 Å². The van der Waals surface area contributed by atoms with Crippen LogP contribution in [-0.2, 0) is 0 Å². The number of benzene rings is 1. The predicted octanol–water partition coefficient (Wildman–Crippen LogP) is 5.28. The van der Waals surface area contributed by atoms with Crippen molar-refractivity contribution in [2.45, 2.75) is 83.3 Å². The highest BCUT2D eigenvalue weighted by atomic mass is 19.1. The Morgan fingerprint density at radius 3 is 2.74 bits per heavy atom. The molecule has 0 bridgehead atoms. The van der Waals surface area contributed by atoms with Crippen LogP contribution < -0.4 is 10.2 Å². The number of nitrogens with one attached hydrogen (secondary N) is 1. The first-order chi connectivity index (χ1) is 14.9. The molecule has 4 rings (SSSR count). The zero-order valence-electron chi connectivity index (χ0n) is 19.0. The van der Waals surface area contributed by atoms with Gasteiger partial charge in [-0.25, -0.2) is 9.18 Å². The van der Waals surface area contributed by atoms with E-state index in [0.717, 1.165) is 44.6 Å². The molecule has 2 unspecified atom stereocenters. The SMILES string of the molecule is CC(C)=CCN1CCC2(CC1C)C(=NC1CCCCC1)NC(=O)N2c1cccc(F)c1. The number of amidine groups is 1. The minimum absolute atomic E-state index is 0.190. The maximum atomic E-state index is 14.1. The molecule has 1 aromatic rings. The van der Waals surface area contributed by atoms with Crippen LogP contribution in [0.1, 0.15) is 65.7 Å². The van der Waals surface area contributed by atoms with Crippen LogP contribution in [0.5, 0.6) is 0 Å². The second-order valence-electron chi connectivity index (χ2n) is 9.63. The van der Waals surface area contributed by atoms with Crippen molar-refractivity contribution in [3.8, 4) is 0 Å². The van der Waals surface area contributed by atoms with E-state index in [1.165, 1.54) is 37.0 Å². The first kappa shape index (κ1) is 22.0. The number of aliphatic imine (C=N–C) groups is 1. The summed E-state index contributed by atoms with van der Waals surface area (Å²) in [6.07, 6.45) is 9.65. The molecule has 31 heavy (non-hydrogen) atoms. The van der Waals surface area contributed by atoms with E-state index in [4.69, 9.17) is 4.99 Å². The minimum atomic E-state index is -0.538. The summed E-state index contributed by atoms with van der Waals surface area (Å²) in [4.78, 5) is 22.6. The molecule has 1 saturated carbocycles. The monoisotopic (exact) mass is 426 g/mol. The van der Waals surface area contributed by atoms with Gasteiger partial charge in [-0.2, -0.15) is 0 Å². The Bertz CT molecular complexity index is 872. The maximum absolute atomic E-state index is 14.1. The van der Waals surface area contributed by atoms with Crippen LogP contribution in [0.4, 0.5) is 14.9 Å². The second kappa shape index (κ2) is 9.11. The van der Waals surface area contributed by atoms with E-state index >= 15 is 0 Å². The number of carbonyl (C=O) groups is 1. The van der Waals surface area contributed by atoms with Gasteiger partial charge in [0.25, 0.3) is 0 Å². The highest BCUT2D eigenvalue weighted by Gasteiger charge is 2.54. The van der Waals surface area contributed by atoms with E-state index < -0.39 is 5.54 Å². The van der Waals surface area contributed by atoms with Crippen LogP contribution in [0.2, 0.25) is 0 Å². The van der Waals surface area contributed by atoms with Crippen molar-refractivity contribution in [2.24, 2.45) is 4.99 Å². The number of amides is 2. The number of halogens is 1. The largest absolute Gasteiger partial charge is 0.328 e. The number of piperidine rings is 1. The quantitative estimate of drug-likeness (QED) is 0.666. The van der Waals surface area contributed by atoms with Crippen molar-refractivity contribution < 1.29 is 9.18 Å². The van der Waals surface area contributed by atoms with Gasteiger partial charge in [-0.15, -0.1) is 0 Å². The standard InChI is InChI=1S/C25H35FN4O/c1-18(2)12-14-29-15-13-25(17-19(29)3)23(27-21-9-5-4-6-10-21)28-24(31)30(25)22-11-7-8-20(26)16-22/h7-8,11-12,16,19,21H,4-6,9-10,13-15,17H2,1-3H3,(H,27,28,31). The molecule has 1 N–H and O–H groups in total. The number of hydrogen-bond donors (Lipinski definition) is 1. The molecule has 1 spiro atoms. The van der Waals surface area contributed by atoms with Crippen molar-refractivity contribution in [1.29, 1.82) is 0 Å². The fourth-order valence-corrected chi connectivity index (χ4v) is 5.36. The molecule has 3 aliphatic rings. The molecule has 3 fully saturated rings. The number of hydrogen-bond acceptors (Lipinski definition) is 3. The maximum Gasteiger partial charge on any atom is 0.328 e. The third kappa shape index (κ3) is 4.54. The fraction of sp³-hybridized carbons (Fsp3) is 0.600. The predicted molar refractivity (Wildman–Crippen MR) is 124 cm³/mol. The van der Waals surface area contributed by atoms with Crippen molar-refractivity contribution >= 4 is 17.6 Å². The third-order valence-corrected chi connectivity index (χ3v) is 7.05. The molecule has 2 heterocycles.